The van der Waals surface area contributed by atoms with Crippen LogP contribution in [0.2, 0.25) is 0 Å². The summed E-state index contributed by atoms with van der Waals surface area (Å²) >= 11 is 0. The molecule has 0 saturated carbocycles. The van der Waals surface area contributed by atoms with E-state index >= 15 is 0 Å². The van der Waals surface area contributed by atoms with Crippen molar-refractivity contribution in [3.8, 4) is 0 Å². The number of allylic oxidation sites excluding steroid dienone is 4. The summed E-state index contributed by atoms with van der Waals surface area (Å²) in [4.78, 5) is 24.7. The zero-order valence-electron chi connectivity index (χ0n) is 24.1. The Kier molecular flexibility index (Phi) is 22.4. The van der Waals surface area contributed by atoms with E-state index in [2.05, 4.69) is 38.2 Å². The Morgan fingerprint density at radius 1 is 0.692 bits per heavy atom. The van der Waals surface area contributed by atoms with Gasteiger partial charge in [0.1, 0.15) is 10.1 Å². The van der Waals surface area contributed by atoms with E-state index in [1.165, 1.54) is 44.9 Å². The molecule has 1 aromatic rings. The third-order valence-corrected chi connectivity index (χ3v) is 6.83. The van der Waals surface area contributed by atoms with Crippen LogP contribution in [0.3, 0.4) is 0 Å². The molecular weight excluding hydrogens is 527 g/mol. The number of carbonyl (C=O) groups excluding carboxylic acids is 2. The van der Waals surface area contributed by atoms with E-state index in [0.29, 0.717) is 12.8 Å². The van der Waals surface area contributed by atoms with Gasteiger partial charge in [0, 0.05) is 0 Å². The first-order chi connectivity index (χ1) is 18.3. The molecule has 0 atom stereocenters. The van der Waals surface area contributed by atoms with Crippen LogP contribution >= 0.6 is 0 Å². The van der Waals surface area contributed by atoms with Gasteiger partial charge in [-0.3, -0.25) is 0 Å². The fraction of sp³-hybridized carbons (Fsp3) is 0.600. The second kappa shape index (κ2) is 23.3. The fourth-order valence-electron chi connectivity index (χ4n) is 3.76. The van der Waals surface area contributed by atoms with Crippen LogP contribution in [0.25, 0.3) is 0 Å². The number of hydrogen-bond acceptors (Lipinski definition) is 7. The molecule has 0 fully saturated rings. The maximum atomic E-state index is 12.7. The van der Waals surface area contributed by atoms with E-state index < -0.39 is 27.0 Å². The van der Waals surface area contributed by atoms with Crippen molar-refractivity contribution in [2.24, 2.45) is 0 Å². The van der Waals surface area contributed by atoms with Crippen LogP contribution in [0, 0.1) is 0 Å². The Hall–Kier alpha value is -1.45. The summed E-state index contributed by atoms with van der Waals surface area (Å²) < 4.78 is 45.0. The Balaban J connectivity index is 0.0000144. The van der Waals surface area contributed by atoms with E-state index in [1.54, 1.807) is 0 Å². The SMILES string of the molecule is CCCCCC/C=C/CCCOC(=O)c1ccc(S(=O)(=O)[O-])cc1C(=O)OCCC/C=C/CCCCCC.[Na+]. The number of rotatable bonds is 21. The van der Waals surface area contributed by atoms with E-state index in [0.717, 1.165) is 50.3 Å². The van der Waals surface area contributed by atoms with E-state index in [-0.39, 0.29) is 53.9 Å². The monoisotopic (exact) mass is 572 g/mol. The van der Waals surface area contributed by atoms with Gasteiger partial charge in [-0.1, -0.05) is 76.7 Å². The molecule has 0 aliphatic carbocycles. The van der Waals surface area contributed by atoms with Gasteiger partial charge in [0.05, 0.1) is 29.2 Å². The molecule has 0 N–H and O–H groups in total. The second-order valence-corrected chi connectivity index (χ2v) is 10.7. The van der Waals surface area contributed by atoms with Gasteiger partial charge in [0.25, 0.3) is 0 Å². The Morgan fingerprint density at radius 2 is 1.13 bits per heavy atom. The predicted octanol–water partition coefficient (Wildman–Crippen LogP) is 4.52. The van der Waals surface area contributed by atoms with Crippen LogP contribution in [0.5, 0.6) is 0 Å². The van der Waals surface area contributed by atoms with Gasteiger partial charge in [-0.25, -0.2) is 18.0 Å². The third-order valence-electron chi connectivity index (χ3n) is 6.00. The standard InChI is InChI=1S/C30H46O7S.Na/c1-3-5-7-9-11-13-15-17-19-23-36-29(31)27-22-21-26(38(33,34)35)25-28(27)30(32)37-24-20-18-16-14-12-10-8-6-4-2;/h13-16,21-22,25H,3-12,17-20,23-24H2,1-2H3,(H,33,34,35);/q;+1/p-1/b15-13+,16-14+;. The van der Waals surface area contributed by atoms with Crippen LogP contribution < -0.4 is 29.6 Å². The van der Waals surface area contributed by atoms with Crippen molar-refractivity contribution < 1.29 is 61.6 Å². The first kappa shape index (κ1) is 37.6. The van der Waals surface area contributed by atoms with E-state index in [4.69, 9.17) is 9.47 Å². The summed E-state index contributed by atoms with van der Waals surface area (Å²) in [5, 5.41) is 0. The molecule has 0 bridgehead atoms. The Bertz CT molecular complexity index is 987. The van der Waals surface area contributed by atoms with Crippen LogP contribution in [0.1, 0.15) is 124 Å². The molecular formula is C30H45NaO7S. The number of esters is 2. The molecule has 0 heterocycles. The average molecular weight is 573 g/mol. The number of hydrogen-bond donors (Lipinski definition) is 0. The molecule has 0 aliphatic heterocycles. The number of benzene rings is 1. The van der Waals surface area contributed by atoms with Gasteiger partial charge in [0.2, 0.25) is 0 Å². The van der Waals surface area contributed by atoms with Crippen molar-refractivity contribution in [3.63, 3.8) is 0 Å². The molecule has 0 amide bonds. The molecule has 39 heavy (non-hydrogen) atoms. The molecule has 0 unspecified atom stereocenters. The topological polar surface area (TPSA) is 110 Å². The quantitative estimate of drug-likeness (QED) is 0.0700. The zero-order chi connectivity index (χ0) is 28.1. The van der Waals surface area contributed by atoms with Gasteiger partial charge in [-0.2, -0.15) is 0 Å². The van der Waals surface area contributed by atoms with Gasteiger partial charge >= 0.3 is 41.5 Å². The molecule has 0 radical (unpaired) electrons. The minimum atomic E-state index is -4.81. The van der Waals surface area contributed by atoms with Crippen molar-refractivity contribution in [3.05, 3.63) is 53.6 Å². The second-order valence-electron chi connectivity index (χ2n) is 9.36. The number of unbranched alkanes of at least 4 members (excludes halogenated alkanes) is 10. The maximum absolute atomic E-state index is 12.7. The molecule has 0 aromatic heterocycles. The molecule has 0 aliphatic rings. The molecule has 1 rings (SSSR count). The molecule has 1 aromatic carbocycles. The smallest absolute Gasteiger partial charge is 0.744 e. The van der Waals surface area contributed by atoms with E-state index in [1.807, 2.05) is 0 Å². The van der Waals surface area contributed by atoms with Crippen LogP contribution in [0.15, 0.2) is 47.4 Å². The molecule has 0 spiro atoms. The van der Waals surface area contributed by atoms with Crippen molar-refractivity contribution in [2.45, 2.75) is 109 Å². The van der Waals surface area contributed by atoms with Crippen LogP contribution in [-0.2, 0) is 19.6 Å². The Labute approximate surface area is 257 Å². The number of carbonyl (C=O) groups is 2. The van der Waals surface area contributed by atoms with Gasteiger partial charge in [0.15, 0.2) is 0 Å². The summed E-state index contributed by atoms with van der Waals surface area (Å²) in [6.45, 7) is 4.61. The maximum Gasteiger partial charge on any atom is 1.00 e. The van der Waals surface area contributed by atoms with Gasteiger partial charge in [-0.15, -0.1) is 0 Å². The fourth-order valence-corrected chi connectivity index (χ4v) is 4.26. The number of ether oxygens (including phenoxy) is 2. The minimum Gasteiger partial charge on any atom is -0.744 e. The molecule has 7 nitrogen and oxygen atoms in total. The average Bonchev–Trinajstić information content (AvgIpc) is 2.89. The predicted molar refractivity (Wildman–Crippen MR) is 149 cm³/mol. The summed E-state index contributed by atoms with van der Waals surface area (Å²) in [5.74, 6) is -1.63. The summed E-state index contributed by atoms with van der Waals surface area (Å²) in [7, 11) is -4.81. The summed E-state index contributed by atoms with van der Waals surface area (Å²) in [5.41, 5.74) is -0.411. The van der Waals surface area contributed by atoms with E-state index in [9.17, 15) is 22.6 Å². The minimum absolute atomic E-state index is 0. The molecule has 9 heteroatoms. The van der Waals surface area contributed by atoms with Crippen molar-refractivity contribution in [1.29, 1.82) is 0 Å². The summed E-state index contributed by atoms with van der Waals surface area (Å²) in [6, 6.07) is 3.02. The van der Waals surface area contributed by atoms with Crippen LogP contribution in [-0.4, -0.2) is 38.1 Å². The molecule has 214 valence electrons. The molecule has 0 saturated heterocycles. The largest absolute Gasteiger partial charge is 1.00 e. The summed E-state index contributed by atoms with van der Waals surface area (Å²) in [6.07, 6.45) is 22.8. The first-order valence-electron chi connectivity index (χ1n) is 14.0. The van der Waals surface area contributed by atoms with Gasteiger partial charge < -0.3 is 14.0 Å². The van der Waals surface area contributed by atoms with Crippen LogP contribution in [0.4, 0.5) is 0 Å². The van der Waals surface area contributed by atoms with Crippen molar-refractivity contribution in [1.82, 2.24) is 0 Å². The first-order valence-corrected chi connectivity index (χ1v) is 15.5. The normalized spacial score (nSPS) is 11.6. The van der Waals surface area contributed by atoms with Crippen molar-refractivity contribution >= 4 is 22.1 Å². The Morgan fingerprint density at radius 3 is 1.56 bits per heavy atom. The zero-order valence-corrected chi connectivity index (χ0v) is 26.9. The third kappa shape index (κ3) is 17.8. The van der Waals surface area contributed by atoms with Gasteiger partial charge in [-0.05, 0) is 69.6 Å². The van der Waals surface area contributed by atoms with Crippen molar-refractivity contribution in [2.75, 3.05) is 13.2 Å².